The number of nitro benzene ring substituents is 2. The molecule has 1 aromatic heterocycles. The number of carbonyl (C=O) groups excluding carboxylic acids is 9. The summed E-state index contributed by atoms with van der Waals surface area (Å²) in [7, 11) is 1.44. The number of nitro groups is 2. The normalized spacial score (nSPS) is 15.0. The van der Waals surface area contributed by atoms with Gasteiger partial charge in [-0.2, -0.15) is 0 Å². The number of nitrogens with zero attached hydrogens (tertiary/aromatic N) is 3. The molecule has 9 amide bonds. The molecule has 0 bridgehead atoms. The molecule has 32 heteroatoms. The number of amides is 9. The van der Waals surface area contributed by atoms with Gasteiger partial charge < -0.3 is 72.5 Å². The summed E-state index contributed by atoms with van der Waals surface area (Å²) in [6.45, 7) is 6.97. The van der Waals surface area contributed by atoms with E-state index in [1.54, 1.807) is 39.8 Å². The van der Waals surface area contributed by atoms with Crippen LogP contribution in [0, 0.1) is 32.1 Å². The second kappa shape index (κ2) is 31.6. The van der Waals surface area contributed by atoms with Crippen molar-refractivity contribution in [3.05, 3.63) is 78.7 Å². The number of hydrogen-bond acceptors (Lipinski definition) is 19. The highest BCUT2D eigenvalue weighted by Crippen LogP contribution is 2.29. The van der Waals surface area contributed by atoms with Crippen LogP contribution in [0.5, 0.6) is 5.75 Å². The molecule has 32 nitrogen and oxygen atoms in total. The minimum Gasteiger partial charge on any atom is -0.497 e. The van der Waals surface area contributed by atoms with Crippen molar-refractivity contribution in [1.82, 2.24) is 42.1 Å². The van der Waals surface area contributed by atoms with E-state index in [-0.39, 0.29) is 55.3 Å². The maximum Gasteiger partial charge on any atom is 0.336 e. The molecule has 7 unspecified atom stereocenters. The molecule has 1 fully saturated rings. The maximum atomic E-state index is 13.9. The predicted octanol–water partition coefficient (Wildman–Crippen LogP) is -0.384. The average molecular weight is 1200 g/mol. The van der Waals surface area contributed by atoms with Gasteiger partial charge in [-0.15, -0.1) is 0 Å². The number of primary amides is 1. The standard InChI is InChI=1S/C53H70N12O20/c1-26(2)18-36(61-53(79)39-8-7-17-63(39)43(67)20-29-21-46(72)85-41-23-31(84-6)10-11-32(29)41)49(75)56-25-42(66)58-37(19-27(3)4)52(78)60-35(14-16-45(70)71)51(77)59-34(13-15-44(68)69)50(76)57-28(5)48(74)62-38(47(54)73)24-55-33-12-9-30(64(80)81)22-40(33)65(82)83/h9-12,21-23,26-28,34-39,55H,7-8,13-20,24-25H2,1-6H3,(H2,54,73)(H,56,75)(H,57,76)(H,58,66)(H,59,77)(H,60,78)(H,61,79)(H,62,74)(H,68,69)(H,70,71). The van der Waals surface area contributed by atoms with E-state index in [9.17, 15) is 88.0 Å². The van der Waals surface area contributed by atoms with Gasteiger partial charge in [-0.05, 0) is 81.0 Å². The molecule has 0 aliphatic carbocycles. The molecule has 4 rings (SSSR count). The van der Waals surface area contributed by atoms with Crippen molar-refractivity contribution in [3.8, 4) is 5.75 Å². The number of non-ortho nitro benzene ring substituents is 1. The minimum atomic E-state index is -1.77. The van der Waals surface area contributed by atoms with E-state index in [4.69, 9.17) is 14.9 Å². The van der Waals surface area contributed by atoms with Gasteiger partial charge in [0.2, 0.25) is 53.2 Å². The van der Waals surface area contributed by atoms with Crippen molar-refractivity contribution in [2.75, 3.05) is 32.1 Å². The van der Waals surface area contributed by atoms with Gasteiger partial charge in [0.15, 0.2) is 0 Å². The summed E-state index contributed by atoms with van der Waals surface area (Å²) in [5.41, 5.74) is 3.67. The third-order valence-electron chi connectivity index (χ3n) is 13.2. The van der Waals surface area contributed by atoms with Crippen molar-refractivity contribution >= 4 is 93.1 Å². The smallest absolute Gasteiger partial charge is 0.336 e. The summed E-state index contributed by atoms with van der Waals surface area (Å²) in [5, 5.41) is 61.5. The Morgan fingerprint density at radius 1 is 0.718 bits per heavy atom. The highest BCUT2D eigenvalue weighted by Gasteiger charge is 2.37. The number of carboxylic acid groups (broad SMARTS) is 2. The van der Waals surface area contributed by atoms with Crippen molar-refractivity contribution in [1.29, 1.82) is 0 Å². The quantitative estimate of drug-likeness (QED) is 0.0210. The number of aliphatic carboxylic acids is 2. The van der Waals surface area contributed by atoms with Crippen LogP contribution in [0.4, 0.5) is 17.1 Å². The zero-order valence-electron chi connectivity index (χ0n) is 47.4. The van der Waals surface area contributed by atoms with Gasteiger partial charge in [-0.25, -0.2) is 4.79 Å². The highest BCUT2D eigenvalue weighted by atomic mass is 16.6. The molecular formula is C53H70N12O20. The van der Waals surface area contributed by atoms with Crippen LogP contribution in [0.1, 0.15) is 91.5 Å². The van der Waals surface area contributed by atoms with Crippen LogP contribution in [0.2, 0.25) is 0 Å². The largest absolute Gasteiger partial charge is 0.497 e. The lowest BCUT2D eigenvalue weighted by Crippen LogP contribution is -2.59. The number of methoxy groups -OCH3 is 1. The number of benzene rings is 2. The third kappa shape index (κ3) is 20.9. The molecule has 1 aliphatic heterocycles. The summed E-state index contributed by atoms with van der Waals surface area (Å²) < 4.78 is 10.5. The fourth-order valence-electron chi connectivity index (χ4n) is 8.96. The number of nitrogens with two attached hydrogens (primary N) is 1. The number of likely N-dealkylation sites (tertiary alicyclic amines) is 1. The fourth-order valence-corrected chi connectivity index (χ4v) is 8.96. The lowest BCUT2D eigenvalue weighted by atomic mass is 10.0. The van der Waals surface area contributed by atoms with Crippen LogP contribution >= 0.6 is 0 Å². The predicted molar refractivity (Wildman–Crippen MR) is 298 cm³/mol. The lowest BCUT2D eigenvalue weighted by molar-refractivity contribution is -0.393. The van der Waals surface area contributed by atoms with E-state index in [0.717, 1.165) is 19.1 Å². The monoisotopic (exact) mass is 1190 g/mol. The van der Waals surface area contributed by atoms with E-state index >= 15 is 0 Å². The van der Waals surface area contributed by atoms with Gasteiger partial charge in [-0.3, -0.25) is 73.0 Å². The van der Waals surface area contributed by atoms with Crippen LogP contribution < -0.4 is 58.6 Å². The highest BCUT2D eigenvalue weighted by molar-refractivity contribution is 5.98. The van der Waals surface area contributed by atoms with Crippen molar-refractivity contribution in [3.63, 3.8) is 0 Å². The molecule has 0 radical (unpaired) electrons. The number of hydrogen-bond donors (Lipinski definition) is 11. The van der Waals surface area contributed by atoms with E-state index < -0.39 is 173 Å². The van der Waals surface area contributed by atoms with Crippen molar-refractivity contribution in [2.45, 2.75) is 135 Å². The van der Waals surface area contributed by atoms with Crippen LogP contribution in [-0.4, -0.2) is 159 Å². The van der Waals surface area contributed by atoms with Gasteiger partial charge in [0.25, 0.3) is 11.4 Å². The topological polar surface area (TPSA) is 479 Å². The molecule has 0 spiro atoms. The van der Waals surface area contributed by atoms with Gasteiger partial charge in [0.1, 0.15) is 59.3 Å². The van der Waals surface area contributed by atoms with Gasteiger partial charge in [0, 0.05) is 49.5 Å². The van der Waals surface area contributed by atoms with Gasteiger partial charge in [-0.1, -0.05) is 27.7 Å². The number of rotatable bonds is 33. The van der Waals surface area contributed by atoms with Crippen LogP contribution in [0.25, 0.3) is 11.0 Å². The number of fused-ring (bicyclic) bond motifs is 1. The zero-order chi connectivity index (χ0) is 63.4. The summed E-state index contributed by atoms with van der Waals surface area (Å²) in [6, 6.07) is -1.72. The molecule has 2 aromatic carbocycles. The molecule has 1 saturated heterocycles. The maximum absolute atomic E-state index is 13.9. The Labute approximate surface area is 484 Å². The Hall–Kier alpha value is -9.78. The average Bonchev–Trinajstić information content (AvgIpc) is 3.79. The fraction of sp³-hybridized carbons (Fsp3) is 0.509. The zero-order valence-corrected chi connectivity index (χ0v) is 47.4. The van der Waals surface area contributed by atoms with E-state index in [2.05, 4.69) is 42.5 Å². The van der Waals surface area contributed by atoms with Gasteiger partial charge in [0.05, 0.1) is 36.0 Å². The minimum absolute atomic E-state index is 0.0721. The number of nitrogens with one attached hydrogen (secondary N) is 8. The molecule has 12 N–H and O–H groups in total. The summed E-state index contributed by atoms with van der Waals surface area (Å²) in [5.74, 6) is -11.3. The summed E-state index contributed by atoms with van der Waals surface area (Å²) >= 11 is 0. The van der Waals surface area contributed by atoms with E-state index in [0.29, 0.717) is 29.2 Å². The SMILES string of the molecule is COc1ccc2c(CC(=O)N3CCCC3C(=O)NC(CC(C)C)C(=O)NCC(=O)NC(CC(C)C)C(=O)NC(CCC(=O)O)C(=O)NC(CCC(=O)O)C(=O)NC(C)C(=O)NC(CNc3ccc([N+](=O)[O-])cc3[N+](=O)[O-])C(N)=O)cc(=O)oc2c1. The lowest BCUT2D eigenvalue weighted by Gasteiger charge is -2.27. The molecule has 2 heterocycles. The Bertz CT molecular complexity index is 3090. The van der Waals surface area contributed by atoms with Crippen LogP contribution in [0.15, 0.2) is 51.7 Å². The number of carbonyl (C=O) groups is 11. The van der Waals surface area contributed by atoms with Crippen molar-refractivity contribution < 1.29 is 82.0 Å². The first-order valence-electron chi connectivity index (χ1n) is 26.9. The summed E-state index contributed by atoms with van der Waals surface area (Å²) in [4.78, 5) is 180. The van der Waals surface area contributed by atoms with E-state index in [1.807, 2.05) is 0 Å². The number of anilines is 1. The molecular weight excluding hydrogens is 1120 g/mol. The number of ether oxygens (including phenoxy) is 1. The molecule has 1 aliphatic rings. The van der Waals surface area contributed by atoms with Crippen LogP contribution in [-0.2, 0) is 59.2 Å². The second-order valence-electron chi connectivity index (χ2n) is 20.8. The molecule has 7 atom stereocenters. The molecule has 462 valence electrons. The molecule has 85 heavy (non-hydrogen) atoms. The second-order valence-corrected chi connectivity index (χ2v) is 20.8. The van der Waals surface area contributed by atoms with Crippen molar-refractivity contribution in [2.24, 2.45) is 17.6 Å². The van der Waals surface area contributed by atoms with Gasteiger partial charge >= 0.3 is 17.6 Å². The third-order valence-corrected chi connectivity index (χ3v) is 13.2. The molecule has 3 aromatic rings. The Balaban J connectivity index is 1.41. The first-order valence-corrected chi connectivity index (χ1v) is 26.9. The summed E-state index contributed by atoms with van der Waals surface area (Å²) in [6.07, 6.45) is -2.18. The Kier molecular flexibility index (Phi) is 25.2. The Morgan fingerprint density at radius 2 is 1.29 bits per heavy atom. The van der Waals surface area contributed by atoms with E-state index in [1.165, 1.54) is 24.1 Å². The number of carboxylic acids is 2. The first-order chi connectivity index (χ1) is 40.0. The molecule has 0 saturated carbocycles. The van der Waals surface area contributed by atoms with Crippen LogP contribution in [0.3, 0.4) is 0 Å². The Morgan fingerprint density at radius 3 is 1.85 bits per heavy atom. The first kappa shape index (κ1) is 67.7.